The third-order valence-corrected chi connectivity index (χ3v) is 3.45. The Kier molecular flexibility index (Phi) is 4.04. The largest absolute Gasteiger partial charge is 0.478 e. The number of pyridine rings is 1. The van der Waals surface area contributed by atoms with Crippen LogP contribution in [0.5, 0.6) is 0 Å². The summed E-state index contributed by atoms with van der Waals surface area (Å²) in [5, 5.41) is 10.6. The molecule has 0 bridgehead atoms. The fourth-order valence-corrected chi connectivity index (χ4v) is 2.28. The summed E-state index contributed by atoms with van der Waals surface area (Å²) in [5.74, 6) is -0.956. The Morgan fingerprint density at radius 2 is 2.00 bits per heavy atom. The van der Waals surface area contributed by atoms with Gasteiger partial charge in [0.15, 0.2) is 0 Å². The summed E-state index contributed by atoms with van der Waals surface area (Å²) < 4.78 is 0. The first-order valence-corrected chi connectivity index (χ1v) is 6.87. The van der Waals surface area contributed by atoms with Gasteiger partial charge in [-0.15, -0.1) is 0 Å². The Balaban J connectivity index is 2.42. The molecular weight excluding hydrogens is 274 g/mol. The molecule has 0 saturated carbocycles. The van der Waals surface area contributed by atoms with Crippen LogP contribution in [-0.4, -0.2) is 26.0 Å². The molecule has 2 aromatic rings. The van der Waals surface area contributed by atoms with Crippen LogP contribution >= 0.6 is 11.8 Å². The zero-order chi connectivity index (χ0) is 14.8. The third kappa shape index (κ3) is 3.54. The average molecular weight is 289 g/mol. The second kappa shape index (κ2) is 5.58. The fourth-order valence-electron chi connectivity index (χ4n) is 1.51. The van der Waals surface area contributed by atoms with E-state index in [-0.39, 0.29) is 11.0 Å². The van der Waals surface area contributed by atoms with E-state index in [9.17, 15) is 9.90 Å². The molecule has 0 aliphatic heterocycles. The second-order valence-electron chi connectivity index (χ2n) is 5.28. The zero-order valence-corrected chi connectivity index (χ0v) is 12.3. The van der Waals surface area contributed by atoms with Crippen LogP contribution < -0.4 is 0 Å². The molecule has 0 fully saturated rings. The quantitative estimate of drug-likeness (QED) is 0.875. The van der Waals surface area contributed by atoms with Crippen LogP contribution in [0.4, 0.5) is 0 Å². The number of carbonyl (C=O) groups is 1. The molecule has 2 rings (SSSR count). The smallest absolute Gasteiger partial charge is 0.335 e. The lowest BCUT2D eigenvalue weighted by Gasteiger charge is -2.19. The maximum absolute atomic E-state index is 11.2. The normalized spacial score (nSPS) is 11.3. The Labute approximate surface area is 121 Å². The summed E-state index contributed by atoms with van der Waals surface area (Å²) in [6, 6.07) is 4.94. The first-order chi connectivity index (χ1) is 9.36. The van der Waals surface area contributed by atoms with E-state index < -0.39 is 5.97 Å². The first-order valence-electron chi connectivity index (χ1n) is 6.06. The Hall–Kier alpha value is -1.95. The van der Waals surface area contributed by atoms with Crippen molar-refractivity contribution in [3.05, 3.63) is 42.0 Å². The van der Waals surface area contributed by atoms with E-state index in [1.165, 1.54) is 18.1 Å². The Bertz CT molecular complexity index is 624. The summed E-state index contributed by atoms with van der Waals surface area (Å²) >= 11 is 1.32. The monoisotopic (exact) mass is 289 g/mol. The van der Waals surface area contributed by atoms with Gasteiger partial charge in [-0.3, -0.25) is 0 Å². The van der Waals surface area contributed by atoms with Crippen molar-refractivity contribution in [1.29, 1.82) is 0 Å². The molecule has 2 heterocycles. The number of rotatable bonds is 3. The van der Waals surface area contributed by atoms with E-state index in [0.717, 1.165) is 10.7 Å². The van der Waals surface area contributed by atoms with Gasteiger partial charge in [-0.25, -0.2) is 19.7 Å². The summed E-state index contributed by atoms with van der Waals surface area (Å²) in [5.41, 5.74) is 0.766. The molecule has 2 aromatic heterocycles. The lowest BCUT2D eigenvalue weighted by molar-refractivity contribution is 0.0696. The Morgan fingerprint density at radius 3 is 2.55 bits per heavy atom. The molecule has 0 aromatic carbocycles. The van der Waals surface area contributed by atoms with Crippen molar-refractivity contribution < 1.29 is 9.90 Å². The van der Waals surface area contributed by atoms with Gasteiger partial charge in [0.1, 0.15) is 16.4 Å². The number of carboxylic acid groups (broad SMARTS) is 1. The Morgan fingerprint density at radius 1 is 1.25 bits per heavy atom. The maximum Gasteiger partial charge on any atom is 0.335 e. The molecule has 0 spiro atoms. The van der Waals surface area contributed by atoms with Gasteiger partial charge in [-0.2, -0.15) is 0 Å². The van der Waals surface area contributed by atoms with Gasteiger partial charge in [0, 0.05) is 17.3 Å². The number of aromatic carboxylic acids is 1. The van der Waals surface area contributed by atoms with Crippen molar-refractivity contribution >= 4 is 17.7 Å². The minimum Gasteiger partial charge on any atom is -0.478 e. The van der Waals surface area contributed by atoms with Crippen molar-refractivity contribution in [3.8, 4) is 0 Å². The van der Waals surface area contributed by atoms with Crippen LogP contribution in [0, 0.1) is 0 Å². The molecule has 0 aliphatic carbocycles. The molecule has 6 heteroatoms. The van der Waals surface area contributed by atoms with Crippen LogP contribution in [0.15, 0.2) is 40.8 Å². The number of carboxylic acids is 1. The lowest BCUT2D eigenvalue weighted by atomic mass is 9.91. The van der Waals surface area contributed by atoms with Gasteiger partial charge < -0.3 is 5.11 Å². The third-order valence-electron chi connectivity index (χ3n) is 2.58. The molecular formula is C14H15N3O2S. The van der Waals surface area contributed by atoms with E-state index in [1.807, 2.05) is 20.8 Å². The molecule has 0 aliphatic rings. The second-order valence-corrected chi connectivity index (χ2v) is 6.32. The molecule has 104 valence electrons. The molecule has 1 N–H and O–H groups in total. The highest BCUT2D eigenvalue weighted by Gasteiger charge is 2.19. The van der Waals surface area contributed by atoms with E-state index in [4.69, 9.17) is 0 Å². The van der Waals surface area contributed by atoms with E-state index >= 15 is 0 Å². The maximum atomic E-state index is 11.2. The van der Waals surface area contributed by atoms with Crippen molar-refractivity contribution in [2.75, 3.05) is 0 Å². The molecule has 0 radical (unpaired) electrons. The zero-order valence-electron chi connectivity index (χ0n) is 11.5. The average Bonchev–Trinajstić information content (AvgIpc) is 2.38. The molecule has 20 heavy (non-hydrogen) atoms. The highest BCUT2D eigenvalue weighted by atomic mass is 32.2. The standard InChI is InChI=1S/C14H15N3O2S/c1-14(2,3)10-6-9(13(18)19)7-12(17-10)20-11-4-5-15-8-16-11/h4-8H,1-3H3,(H,18,19). The minimum absolute atomic E-state index is 0.216. The minimum atomic E-state index is -0.956. The van der Waals surface area contributed by atoms with Crippen LogP contribution in [0.2, 0.25) is 0 Å². The molecule has 5 nitrogen and oxygen atoms in total. The van der Waals surface area contributed by atoms with E-state index in [2.05, 4.69) is 15.0 Å². The predicted octanol–water partition coefficient (Wildman–Crippen LogP) is 3.02. The number of nitrogens with zero attached hydrogens (tertiary/aromatic N) is 3. The van der Waals surface area contributed by atoms with Crippen LogP contribution in [-0.2, 0) is 5.41 Å². The lowest BCUT2D eigenvalue weighted by Crippen LogP contribution is -2.15. The summed E-state index contributed by atoms with van der Waals surface area (Å²) in [6.45, 7) is 6.00. The summed E-state index contributed by atoms with van der Waals surface area (Å²) in [4.78, 5) is 23.7. The number of hydrogen-bond donors (Lipinski definition) is 1. The molecule has 0 amide bonds. The van der Waals surface area contributed by atoms with Gasteiger partial charge >= 0.3 is 5.97 Å². The van der Waals surface area contributed by atoms with Crippen LogP contribution in [0.3, 0.4) is 0 Å². The highest BCUT2D eigenvalue weighted by Crippen LogP contribution is 2.28. The number of aromatic nitrogens is 3. The van der Waals surface area contributed by atoms with Gasteiger partial charge in [0.2, 0.25) is 0 Å². The van der Waals surface area contributed by atoms with Crippen LogP contribution in [0.25, 0.3) is 0 Å². The van der Waals surface area contributed by atoms with Crippen molar-refractivity contribution in [2.45, 2.75) is 36.2 Å². The first kappa shape index (κ1) is 14.5. The van der Waals surface area contributed by atoms with E-state index in [0.29, 0.717) is 5.03 Å². The SMILES string of the molecule is CC(C)(C)c1cc(C(=O)O)cc(Sc2ccncn2)n1. The molecule has 0 atom stereocenters. The van der Waals surface area contributed by atoms with Gasteiger partial charge in [-0.05, 0) is 30.0 Å². The summed E-state index contributed by atoms with van der Waals surface area (Å²) in [6.07, 6.45) is 3.09. The van der Waals surface area contributed by atoms with E-state index in [1.54, 1.807) is 24.4 Å². The summed E-state index contributed by atoms with van der Waals surface area (Å²) in [7, 11) is 0. The van der Waals surface area contributed by atoms with Crippen molar-refractivity contribution in [1.82, 2.24) is 15.0 Å². The fraction of sp³-hybridized carbons (Fsp3) is 0.286. The van der Waals surface area contributed by atoms with Crippen molar-refractivity contribution in [3.63, 3.8) is 0 Å². The number of hydrogen-bond acceptors (Lipinski definition) is 5. The predicted molar refractivity (Wildman–Crippen MR) is 76.1 cm³/mol. The molecule has 0 saturated heterocycles. The van der Waals surface area contributed by atoms with Gasteiger partial charge in [0.05, 0.1) is 5.56 Å². The van der Waals surface area contributed by atoms with Crippen molar-refractivity contribution in [2.24, 2.45) is 0 Å². The highest BCUT2D eigenvalue weighted by molar-refractivity contribution is 7.99. The van der Waals surface area contributed by atoms with Gasteiger partial charge in [0.25, 0.3) is 0 Å². The molecule has 0 unspecified atom stereocenters. The van der Waals surface area contributed by atoms with Gasteiger partial charge in [-0.1, -0.05) is 20.8 Å². The van der Waals surface area contributed by atoms with Crippen LogP contribution in [0.1, 0.15) is 36.8 Å². The topological polar surface area (TPSA) is 76.0 Å².